The third kappa shape index (κ3) is 3.97. The zero-order valence-electron chi connectivity index (χ0n) is 11.7. The van der Waals surface area contributed by atoms with Gasteiger partial charge in [0.25, 0.3) is 0 Å². The molecule has 2 aromatic carbocycles. The van der Waals surface area contributed by atoms with Gasteiger partial charge in [-0.05, 0) is 57.6 Å². The van der Waals surface area contributed by atoms with Gasteiger partial charge in [-0.3, -0.25) is 4.79 Å². The molecule has 0 heterocycles. The number of hydrogen-bond acceptors (Lipinski definition) is 2. The molecule has 0 N–H and O–H groups in total. The third-order valence-electron chi connectivity index (χ3n) is 2.95. The normalized spacial score (nSPS) is 11.0. The van der Waals surface area contributed by atoms with Crippen molar-refractivity contribution in [2.75, 3.05) is 6.61 Å². The van der Waals surface area contributed by atoms with Gasteiger partial charge in [0.15, 0.2) is 5.52 Å². The van der Waals surface area contributed by atoms with Crippen molar-refractivity contribution in [1.29, 1.82) is 0 Å². The van der Waals surface area contributed by atoms with E-state index in [9.17, 15) is 4.79 Å². The van der Waals surface area contributed by atoms with E-state index in [1.807, 2.05) is 32.0 Å². The first kappa shape index (κ1) is 16.3. The predicted molar refractivity (Wildman–Crippen MR) is 91.1 cm³/mol. The topological polar surface area (TPSA) is 26.3 Å². The molecule has 0 saturated carbocycles. The third-order valence-corrected chi connectivity index (χ3v) is 4.88. The lowest BCUT2D eigenvalue weighted by molar-refractivity contribution is 0.108. The highest BCUT2D eigenvalue weighted by Gasteiger charge is 2.16. The first-order valence-corrected chi connectivity index (χ1v) is 8.27. The second kappa shape index (κ2) is 7.26. The average molecular weight is 341 g/mol. The number of ether oxygens (including phenoxy) is 1. The summed E-state index contributed by atoms with van der Waals surface area (Å²) in [7, 11) is -0.0176. The minimum atomic E-state index is -0.0575. The number of halogens is 2. The highest BCUT2D eigenvalue weighted by molar-refractivity contribution is 7.66. The Morgan fingerprint density at radius 3 is 2.43 bits per heavy atom. The largest absolute Gasteiger partial charge is 0.494 e. The molecule has 0 amide bonds. The fraction of sp³-hybridized carbons (Fsp3) is 0.188. The molecule has 5 heteroatoms. The molecule has 0 saturated heterocycles. The zero-order valence-corrected chi connectivity index (χ0v) is 14.3. The monoisotopic (exact) mass is 340 g/mol. The van der Waals surface area contributed by atoms with Gasteiger partial charge in [0, 0.05) is 0 Å². The molecule has 21 heavy (non-hydrogen) atoms. The summed E-state index contributed by atoms with van der Waals surface area (Å²) in [6.45, 7) is 4.52. The predicted octanol–water partition coefficient (Wildman–Crippen LogP) is 4.84. The molecular weight excluding hydrogens is 326 g/mol. The Morgan fingerprint density at radius 2 is 1.86 bits per heavy atom. The van der Waals surface area contributed by atoms with Crippen molar-refractivity contribution in [3.8, 4) is 5.75 Å². The minimum absolute atomic E-state index is 0.0176. The molecule has 110 valence electrons. The SMILES string of the molecule is CCOc1ccc(PC(=O)c2c(Cl)cccc2Cl)c(C)c1. The van der Waals surface area contributed by atoms with Crippen molar-refractivity contribution < 1.29 is 9.53 Å². The van der Waals surface area contributed by atoms with E-state index in [0.717, 1.165) is 16.6 Å². The number of carbonyl (C=O) groups excluding carboxylic acids is 1. The standard InChI is InChI=1S/C16H15Cl2O2P/c1-3-20-11-7-8-14(10(2)9-11)21-16(19)15-12(17)5-4-6-13(15)18/h4-9,21H,3H2,1-2H3. The Morgan fingerprint density at radius 1 is 1.19 bits per heavy atom. The van der Waals surface area contributed by atoms with Gasteiger partial charge in [0.1, 0.15) is 5.75 Å². The second-order valence-electron chi connectivity index (χ2n) is 4.46. The van der Waals surface area contributed by atoms with Gasteiger partial charge in [-0.2, -0.15) is 0 Å². The first-order valence-electron chi connectivity index (χ1n) is 6.51. The van der Waals surface area contributed by atoms with Crippen molar-refractivity contribution in [2.45, 2.75) is 13.8 Å². The lowest BCUT2D eigenvalue weighted by Crippen LogP contribution is -2.06. The van der Waals surface area contributed by atoms with E-state index in [0.29, 0.717) is 22.2 Å². The summed E-state index contributed by atoms with van der Waals surface area (Å²) in [5, 5.41) is 1.76. The molecule has 2 nitrogen and oxygen atoms in total. The molecule has 0 spiro atoms. The van der Waals surface area contributed by atoms with Crippen LogP contribution in [0.25, 0.3) is 0 Å². The van der Waals surface area contributed by atoms with Crippen molar-refractivity contribution in [1.82, 2.24) is 0 Å². The van der Waals surface area contributed by atoms with Gasteiger partial charge in [-0.25, -0.2) is 0 Å². The van der Waals surface area contributed by atoms with Gasteiger partial charge in [-0.1, -0.05) is 35.3 Å². The summed E-state index contributed by atoms with van der Waals surface area (Å²) in [5.41, 5.74) is 1.36. The van der Waals surface area contributed by atoms with Gasteiger partial charge in [0.05, 0.1) is 22.2 Å². The summed E-state index contributed by atoms with van der Waals surface area (Å²) in [6, 6.07) is 10.8. The molecule has 2 aromatic rings. The molecule has 0 aliphatic carbocycles. The number of aryl methyl sites for hydroxylation is 1. The average Bonchev–Trinajstić information content (AvgIpc) is 2.42. The molecule has 1 unspecified atom stereocenters. The van der Waals surface area contributed by atoms with Crippen LogP contribution >= 0.6 is 31.8 Å². The smallest absolute Gasteiger partial charge is 0.188 e. The molecule has 0 aliphatic rings. The van der Waals surface area contributed by atoms with Crippen molar-refractivity contribution in [3.05, 3.63) is 57.6 Å². The van der Waals surface area contributed by atoms with Crippen LogP contribution in [0.4, 0.5) is 0 Å². The van der Waals surface area contributed by atoms with E-state index < -0.39 is 0 Å². The van der Waals surface area contributed by atoms with Crippen LogP contribution in [0, 0.1) is 6.92 Å². The zero-order chi connectivity index (χ0) is 15.4. The maximum absolute atomic E-state index is 12.4. The Kier molecular flexibility index (Phi) is 5.64. The summed E-state index contributed by atoms with van der Waals surface area (Å²) in [5.74, 6) is 0.812. The van der Waals surface area contributed by atoms with Crippen LogP contribution < -0.4 is 10.0 Å². The molecule has 2 rings (SSSR count). The van der Waals surface area contributed by atoms with Crippen LogP contribution in [0.2, 0.25) is 10.0 Å². The number of carbonyl (C=O) groups is 1. The van der Waals surface area contributed by atoms with Crippen LogP contribution in [0.1, 0.15) is 22.8 Å². The first-order chi connectivity index (χ1) is 10.0. The summed E-state index contributed by atoms with van der Waals surface area (Å²) in [4.78, 5) is 12.4. The summed E-state index contributed by atoms with van der Waals surface area (Å²) >= 11 is 12.2. The maximum Gasteiger partial charge on any atom is 0.188 e. The fourth-order valence-corrected chi connectivity index (χ4v) is 3.73. The lowest BCUT2D eigenvalue weighted by atomic mass is 10.2. The van der Waals surface area contributed by atoms with Crippen molar-refractivity contribution in [2.24, 2.45) is 0 Å². The Balaban J connectivity index is 2.24. The molecular formula is C16H15Cl2O2P. The molecule has 0 aromatic heterocycles. The number of benzene rings is 2. The minimum Gasteiger partial charge on any atom is -0.494 e. The summed E-state index contributed by atoms with van der Waals surface area (Å²) in [6.07, 6.45) is 0. The van der Waals surface area contributed by atoms with Crippen LogP contribution in [0.5, 0.6) is 5.75 Å². The van der Waals surface area contributed by atoms with Crippen LogP contribution in [-0.2, 0) is 0 Å². The molecule has 0 aliphatic heterocycles. The maximum atomic E-state index is 12.4. The van der Waals surface area contributed by atoms with Crippen LogP contribution in [0.15, 0.2) is 36.4 Å². The molecule has 0 radical (unpaired) electrons. The van der Waals surface area contributed by atoms with E-state index in [1.165, 1.54) is 0 Å². The quantitative estimate of drug-likeness (QED) is 0.727. The highest BCUT2D eigenvalue weighted by Crippen LogP contribution is 2.31. The summed E-state index contributed by atoms with van der Waals surface area (Å²) < 4.78 is 5.45. The molecule has 0 bridgehead atoms. The van der Waals surface area contributed by atoms with E-state index in [4.69, 9.17) is 27.9 Å². The van der Waals surface area contributed by atoms with Gasteiger partial charge in [0.2, 0.25) is 0 Å². The molecule has 1 atom stereocenters. The van der Waals surface area contributed by atoms with E-state index in [-0.39, 0.29) is 14.1 Å². The van der Waals surface area contributed by atoms with Gasteiger partial charge in [-0.15, -0.1) is 0 Å². The second-order valence-corrected chi connectivity index (χ2v) is 6.52. The Labute approximate surface area is 136 Å². The van der Waals surface area contributed by atoms with E-state index in [1.54, 1.807) is 18.2 Å². The lowest BCUT2D eigenvalue weighted by Gasteiger charge is -2.10. The fourth-order valence-electron chi connectivity index (χ4n) is 1.93. The van der Waals surface area contributed by atoms with E-state index >= 15 is 0 Å². The molecule has 0 fully saturated rings. The van der Waals surface area contributed by atoms with Gasteiger partial charge >= 0.3 is 0 Å². The van der Waals surface area contributed by atoms with Crippen molar-refractivity contribution in [3.63, 3.8) is 0 Å². The number of hydrogen-bond donors (Lipinski definition) is 0. The highest BCUT2D eigenvalue weighted by atomic mass is 35.5. The van der Waals surface area contributed by atoms with E-state index in [2.05, 4.69) is 0 Å². The Hall–Kier alpha value is -1.08. The Bertz CT molecular complexity index is 651. The van der Waals surface area contributed by atoms with Crippen LogP contribution in [-0.4, -0.2) is 12.1 Å². The van der Waals surface area contributed by atoms with Gasteiger partial charge < -0.3 is 4.74 Å². The number of rotatable bonds is 5. The van der Waals surface area contributed by atoms with Crippen molar-refractivity contribution >= 4 is 42.6 Å². The van der Waals surface area contributed by atoms with Crippen LogP contribution in [0.3, 0.4) is 0 Å².